The Morgan fingerprint density at radius 2 is 2.40 bits per heavy atom. The number of hydrogen-bond acceptors (Lipinski definition) is 8. The zero-order valence-electron chi connectivity index (χ0n) is 20.0. The number of methoxy groups -OCH3 is 1. The second-order valence-corrected chi connectivity index (χ2v) is 7.71. The number of aromatic nitrogens is 5. The van der Waals surface area contributed by atoms with Gasteiger partial charge in [-0.2, -0.15) is 10.2 Å². The highest BCUT2D eigenvalue weighted by Gasteiger charge is 2.43. The molecule has 0 aromatic carbocycles. The molecule has 158 valence electrons. The zero-order chi connectivity index (χ0) is 24.0. The Labute approximate surface area is 178 Å². The third-order valence-corrected chi connectivity index (χ3v) is 5.33. The predicted molar refractivity (Wildman–Crippen MR) is 110 cm³/mol. The van der Waals surface area contributed by atoms with Crippen LogP contribution in [0, 0.1) is 11.3 Å². The van der Waals surface area contributed by atoms with E-state index in [4.69, 9.17) is 13.6 Å². The monoisotopic (exact) mass is 414 g/mol. The van der Waals surface area contributed by atoms with Crippen molar-refractivity contribution >= 4 is 22.7 Å². The zero-order valence-corrected chi connectivity index (χ0v) is 17.0. The first-order chi connectivity index (χ1) is 15.5. The van der Waals surface area contributed by atoms with E-state index in [0.29, 0.717) is 36.2 Å². The van der Waals surface area contributed by atoms with Crippen LogP contribution in [0.3, 0.4) is 0 Å². The van der Waals surface area contributed by atoms with E-state index in [1.165, 1.54) is 6.20 Å². The highest BCUT2D eigenvalue weighted by Crippen LogP contribution is 2.37. The molecular weight excluding hydrogens is 386 g/mol. The predicted octanol–water partition coefficient (Wildman–Crippen LogP) is 2.28. The van der Waals surface area contributed by atoms with Crippen molar-refractivity contribution in [2.75, 3.05) is 19.0 Å². The molecule has 0 aliphatic heterocycles. The van der Waals surface area contributed by atoms with Crippen molar-refractivity contribution in [2.24, 2.45) is 6.98 Å². The van der Waals surface area contributed by atoms with Crippen molar-refractivity contribution in [3.63, 3.8) is 0 Å². The number of hydrogen-bond donors (Lipinski definition) is 2. The van der Waals surface area contributed by atoms with Crippen LogP contribution in [0.2, 0.25) is 0 Å². The van der Waals surface area contributed by atoms with Gasteiger partial charge >= 0.3 is 0 Å². The summed E-state index contributed by atoms with van der Waals surface area (Å²) >= 11 is 0. The molecule has 30 heavy (non-hydrogen) atoms. The first-order valence-electron chi connectivity index (χ1n) is 11.1. The molecule has 10 heteroatoms. The fourth-order valence-corrected chi connectivity index (χ4v) is 3.57. The summed E-state index contributed by atoms with van der Waals surface area (Å²) in [6.07, 6.45) is 3.56. The summed E-state index contributed by atoms with van der Waals surface area (Å²) in [7, 11) is 1.58. The van der Waals surface area contributed by atoms with E-state index in [2.05, 4.69) is 26.5 Å². The molecule has 4 rings (SSSR count). The molecule has 3 aromatic heterocycles. The van der Waals surface area contributed by atoms with Crippen molar-refractivity contribution in [3.05, 3.63) is 24.2 Å². The van der Waals surface area contributed by atoms with Gasteiger partial charge in [-0.1, -0.05) is 0 Å². The minimum atomic E-state index is -2.52. The van der Waals surface area contributed by atoms with Crippen molar-refractivity contribution in [1.29, 1.82) is 5.26 Å². The van der Waals surface area contributed by atoms with E-state index in [1.807, 2.05) is 6.92 Å². The molecule has 1 aliphatic carbocycles. The summed E-state index contributed by atoms with van der Waals surface area (Å²) in [5.41, 5.74) is 0.188. The van der Waals surface area contributed by atoms with Crippen LogP contribution in [-0.2, 0) is 11.7 Å². The number of nitrogens with zero attached hydrogens (tertiary/aromatic N) is 6. The summed E-state index contributed by atoms with van der Waals surface area (Å²) in [5.74, 6) is 0.201. The van der Waals surface area contributed by atoms with Gasteiger partial charge in [-0.25, -0.2) is 4.98 Å². The highest BCUT2D eigenvalue weighted by molar-refractivity contribution is 5.79. The molecule has 0 spiro atoms. The molecule has 3 heterocycles. The smallest absolute Gasteiger partial charge is 0.257 e. The van der Waals surface area contributed by atoms with Crippen LogP contribution in [0.5, 0.6) is 5.88 Å². The maximum atomic E-state index is 10.3. The average molecular weight is 414 g/mol. The van der Waals surface area contributed by atoms with E-state index in [9.17, 15) is 10.4 Å². The Bertz CT molecular complexity index is 1210. The van der Waals surface area contributed by atoms with Gasteiger partial charge in [0, 0.05) is 29.8 Å². The summed E-state index contributed by atoms with van der Waals surface area (Å²) < 4.78 is 36.6. The quantitative estimate of drug-likeness (QED) is 0.604. The van der Waals surface area contributed by atoms with E-state index < -0.39 is 18.7 Å². The lowest BCUT2D eigenvalue weighted by atomic mass is 9.79. The summed E-state index contributed by atoms with van der Waals surface area (Å²) in [4.78, 5) is 8.84. The van der Waals surface area contributed by atoms with Crippen molar-refractivity contribution in [3.8, 4) is 11.9 Å². The number of ether oxygens (including phenoxy) is 2. The van der Waals surface area contributed by atoms with Crippen LogP contribution in [-0.4, -0.2) is 54.8 Å². The molecule has 3 atom stereocenters. The third-order valence-electron chi connectivity index (χ3n) is 5.33. The van der Waals surface area contributed by atoms with Crippen LogP contribution in [0.1, 0.15) is 42.5 Å². The van der Waals surface area contributed by atoms with Crippen molar-refractivity contribution < 1.29 is 18.7 Å². The van der Waals surface area contributed by atoms with Crippen LogP contribution in [0.25, 0.3) is 11.0 Å². The number of nitriles is 1. The molecule has 0 saturated heterocycles. The lowest BCUT2D eigenvalue weighted by Crippen LogP contribution is -2.52. The molecule has 10 nitrogen and oxygen atoms in total. The minimum Gasteiger partial charge on any atom is -0.469 e. The van der Waals surface area contributed by atoms with Gasteiger partial charge in [-0.05, 0) is 32.8 Å². The molecule has 1 aliphatic rings. The van der Waals surface area contributed by atoms with Crippen molar-refractivity contribution in [2.45, 2.75) is 44.4 Å². The summed E-state index contributed by atoms with van der Waals surface area (Å²) in [5, 5.41) is 27.5. The van der Waals surface area contributed by atoms with Gasteiger partial charge in [0.25, 0.3) is 5.88 Å². The number of nitrogens with one attached hydrogen (secondary N) is 1. The highest BCUT2D eigenvalue weighted by atomic mass is 16.5. The Balaban J connectivity index is 1.70. The van der Waals surface area contributed by atoms with E-state index >= 15 is 0 Å². The molecule has 1 fully saturated rings. The topological polar surface area (TPSA) is 123 Å². The first-order valence-corrected chi connectivity index (χ1v) is 9.56. The SMILES string of the molecule is [2H]C([2H])([2H])n1cc(Nc2ncc3cc(C#N)n([C@@H](C)COC)c3n2)c(O[C@@H]2CC[C@@]2(C)O)n1. The minimum absolute atomic E-state index is 0.0284. The lowest BCUT2D eigenvalue weighted by molar-refractivity contribution is -0.119. The molecule has 2 N–H and O–H groups in total. The lowest BCUT2D eigenvalue weighted by Gasteiger charge is -2.41. The van der Waals surface area contributed by atoms with Crippen molar-refractivity contribution in [1.82, 2.24) is 24.3 Å². The molecule has 0 radical (unpaired) electrons. The van der Waals surface area contributed by atoms with E-state index in [0.717, 1.165) is 4.68 Å². The normalized spacial score (nSPS) is 23.7. The van der Waals surface area contributed by atoms with Gasteiger partial charge in [-0.15, -0.1) is 5.10 Å². The van der Waals surface area contributed by atoms with Crippen LogP contribution in [0.15, 0.2) is 18.5 Å². The summed E-state index contributed by atoms with van der Waals surface area (Å²) in [6.45, 7) is 1.44. The molecule has 0 bridgehead atoms. The Morgan fingerprint density at radius 1 is 1.57 bits per heavy atom. The average Bonchev–Trinajstić information content (AvgIpc) is 3.32. The van der Waals surface area contributed by atoms with Gasteiger partial charge in [0.2, 0.25) is 5.95 Å². The van der Waals surface area contributed by atoms with Crippen LogP contribution in [0.4, 0.5) is 11.6 Å². The van der Waals surface area contributed by atoms with Gasteiger partial charge in [0.15, 0.2) is 0 Å². The standard InChI is InChI=1S/C20H25N7O3/c1-12(11-29-4)27-14(8-21)7-13-9-22-19(24-17(13)27)23-15-10-26(3)25-18(15)30-16-5-6-20(16,2)28/h7,9-10,12,16,28H,5-6,11H2,1-4H3,(H,22,23,24)/t12-,16+,20+/m0/s1/i3D3. The number of fused-ring (bicyclic) bond motifs is 1. The molecule has 0 unspecified atom stereocenters. The first kappa shape index (κ1) is 16.6. The number of rotatable bonds is 7. The third kappa shape index (κ3) is 3.58. The van der Waals surface area contributed by atoms with Gasteiger partial charge < -0.3 is 24.5 Å². The maximum absolute atomic E-state index is 10.3. The fraction of sp³-hybridized carbons (Fsp3) is 0.500. The molecular formula is C20H25N7O3. The molecule has 3 aromatic rings. The fourth-order valence-electron chi connectivity index (χ4n) is 3.57. The molecule has 0 amide bonds. The Kier molecular flexibility index (Phi) is 4.20. The number of anilines is 2. The molecule has 1 saturated carbocycles. The number of aryl methyl sites for hydroxylation is 1. The Hall–Kier alpha value is -3.16. The van der Waals surface area contributed by atoms with Crippen LogP contribution < -0.4 is 10.1 Å². The van der Waals surface area contributed by atoms with Crippen LogP contribution >= 0.6 is 0 Å². The maximum Gasteiger partial charge on any atom is 0.257 e. The second kappa shape index (κ2) is 7.59. The Morgan fingerprint density at radius 3 is 3.03 bits per heavy atom. The largest absolute Gasteiger partial charge is 0.469 e. The summed E-state index contributed by atoms with van der Waals surface area (Å²) in [6, 6.07) is 3.71. The van der Waals surface area contributed by atoms with Gasteiger partial charge in [0.1, 0.15) is 29.2 Å². The number of aliphatic hydroxyl groups is 1. The second-order valence-electron chi connectivity index (χ2n) is 7.71. The van der Waals surface area contributed by atoms with E-state index in [-0.39, 0.29) is 23.6 Å². The van der Waals surface area contributed by atoms with E-state index in [1.54, 1.807) is 30.9 Å². The van der Waals surface area contributed by atoms with Gasteiger partial charge in [-0.3, -0.25) is 4.68 Å². The van der Waals surface area contributed by atoms with Gasteiger partial charge in [0.05, 0.1) is 24.4 Å².